The Morgan fingerprint density at radius 3 is 2.77 bits per heavy atom. The van der Waals surface area contributed by atoms with Crippen molar-refractivity contribution in [3.05, 3.63) is 62.4 Å². The number of likely N-dealkylation sites (N-methyl/N-ethyl adjacent to an activating group) is 1. The van der Waals surface area contributed by atoms with Crippen LogP contribution in [0.4, 0.5) is 0 Å². The zero-order valence-corrected chi connectivity index (χ0v) is 22.3. The molecule has 7 nitrogen and oxygen atoms in total. The molecule has 1 aliphatic rings. The molecule has 9 heteroatoms. The van der Waals surface area contributed by atoms with E-state index in [2.05, 4.69) is 34.3 Å². The van der Waals surface area contributed by atoms with Gasteiger partial charge < -0.3 is 19.3 Å². The van der Waals surface area contributed by atoms with Gasteiger partial charge in [-0.25, -0.2) is 4.79 Å². The molecule has 1 aliphatic heterocycles. The van der Waals surface area contributed by atoms with Crippen LogP contribution in [0.5, 0.6) is 5.75 Å². The van der Waals surface area contributed by atoms with Crippen LogP contribution in [0.3, 0.4) is 0 Å². The van der Waals surface area contributed by atoms with E-state index in [1.165, 1.54) is 16.8 Å². The van der Waals surface area contributed by atoms with Gasteiger partial charge in [-0.15, -0.1) is 11.3 Å². The summed E-state index contributed by atoms with van der Waals surface area (Å²) in [5.41, 5.74) is 1.94. The van der Waals surface area contributed by atoms with Crippen molar-refractivity contribution in [3.8, 4) is 17.6 Å². The molecule has 0 spiro atoms. The van der Waals surface area contributed by atoms with E-state index >= 15 is 0 Å². The molecule has 0 saturated heterocycles. The molecule has 2 heterocycles. The molecule has 0 N–H and O–H groups in total. The number of benzene rings is 1. The maximum absolute atomic E-state index is 13.3. The number of hydrogen-bond donors (Lipinski definition) is 0. The molecule has 1 unspecified atom stereocenters. The monoisotopic (exact) mass is 558 g/mol. The quantitative estimate of drug-likeness (QED) is 0.300. The van der Waals surface area contributed by atoms with Crippen molar-refractivity contribution in [2.45, 2.75) is 32.2 Å². The normalized spacial score (nSPS) is 14.3. The lowest BCUT2D eigenvalue weighted by Gasteiger charge is -2.36. The average Bonchev–Trinajstić information content (AvgIpc) is 3.37. The summed E-state index contributed by atoms with van der Waals surface area (Å²) in [6.07, 6.45) is 1.41. The van der Waals surface area contributed by atoms with E-state index in [-0.39, 0.29) is 13.2 Å². The summed E-state index contributed by atoms with van der Waals surface area (Å²) in [6.45, 7) is 5.99. The number of carbonyl (C=O) groups excluding carboxylic acids is 3. The number of ether oxygens (including phenoxy) is 2. The van der Waals surface area contributed by atoms with Crippen LogP contribution in [-0.4, -0.2) is 54.9 Å². The van der Waals surface area contributed by atoms with Gasteiger partial charge >= 0.3 is 17.8 Å². The molecule has 35 heavy (non-hydrogen) atoms. The summed E-state index contributed by atoms with van der Waals surface area (Å²) >= 11 is 5.00. The van der Waals surface area contributed by atoms with Gasteiger partial charge in [-0.3, -0.25) is 9.59 Å². The molecule has 0 fully saturated rings. The Morgan fingerprint density at radius 2 is 2.11 bits per heavy atom. The summed E-state index contributed by atoms with van der Waals surface area (Å²) in [5.74, 6) is 4.61. The molecule has 0 aliphatic carbocycles. The Morgan fingerprint density at radius 1 is 1.34 bits per heavy atom. The molecule has 2 aromatic rings. The Bertz CT molecular complexity index is 1180. The van der Waals surface area contributed by atoms with Crippen molar-refractivity contribution in [1.82, 2.24) is 9.80 Å². The number of esters is 1. The number of allylic oxidation sites excluding steroid dienone is 1. The highest BCUT2D eigenvalue weighted by molar-refractivity contribution is 9.10. The van der Waals surface area contributed by atoms with Crippen molar-refractivity contribution in [1.29, 1.82) is 0 Å². The smallest absolute Gasteiger partial charge is 0.333 e. The third-order valence-electron chi connectivity index (χ3n) is 5.65. The van der Waals surface area contributed by atoms with Crippen LogP contribution in [0.25, 0.3) is 0 Å². The van der Waals surface area contributed by atoms with Crippen molar-refractivity contribution < 1.29 is 23.9 Å². The van der Waals surface area contributed by atoms with Crippen LogP contribution >= 0.6 is 27.3 Å². The van der Waals surface area contributed by atoms with Gasteiger partial charge in [-0.2, -0.15) is 0 Å². The van der Waals surface area contributed by atoms with Crippen LogP contribution in [0.15, 0.2) is 46.4 Å². The number of carbonyl (C=O) groups is 3. The molecule has 184 valence electrons. The summed E-state index contributed by atoms with van der Waals surface area (Å²) < 4.78 is 11.3. The average molecular weight is 559 g/mol. The van der Waals surface area contributed by atoms with Gasteiger partial charge in [0, 0.05) is 25.7 Å². The van der Waals surface area contributed by atoms with Gasteiger partial charge in [0.05, 0.1) is 23.1 Å². The van der Waals surface area contributed by atoms with Gasteiger partial charge in [0.15, 0.2) is 6.04 Å². The predicted molar refractivity (Wildman–Crippen MR) is 138 cm³/mol. The maximum Gasteiger partial charge on any atom is 0.333 e. The van der Waals surface area contributed by atoms with Crippen LogP contribution in [-0.2, 0) is 25.5 Å². The minimum atomic E-state index is -1.03. The van der Waals surface area contributed by atoms with Crippen molar-refractivity contribution in [3.63, 3.8) is 0 Å². The molecule has 0 saturated carbocycles. The van der Waals surface area contributed by atoms with E-state index in [0.717, 1.165) is 10.4 Å². The first-order chi connectivity index (χ1) is 16.8. The van der Waals surface area contributed by atoms with Gasteiger partial charge in [-0.1, -0.05) is 24.5 Å². The number of methoxy groups -OCH3 is 1. The van der Waals surface area contributed by atoms with Crippen molar-refractivity contribution >= 4 is 45.1 Å². The van der Waals surface area contributed by atoms with E-state index in [1.54, 1.807) is 31.4 Å². The van der Waals surface area contributed by atoms with Crippen LogP contribution in [0.2, 0.25) is 0 Å². The topological polar surface area (TPSA) is 76.2 Å². The highest BCUT2D eigenvalue weighted by Gasteiger charge is 2.40. The van der Waals surface area contributed by atoms with Gasteiger partial charge in [0.2, 0.25) is 0 Å². The van der Waals surface area contributed by atoms with Gasteiger partial charge in [0.1, 0.15) is 5.75 Å². The first kappa shape index (κ1) is 26.5. The highest BCUT2D eigenvalue weighted by Crippen LogP contribution is 2.37. The predicted octanol–water partition coefficient (Wildman–Crippen LogP) is 4.31. The highest BCUT2D eigenvalue weighted by atomic mass is 79.9. The largest absolute Gasteiger partial charge is 0.496 e. The molecule has 1 atom stereocenters. The number of nitrogens with zero attached hydrogens (tertiary/aromatic N) is 2. The number of rotatable bonds is 6. The van der Waals surface area contributed by atoms with E-state index in [9.17, 15) is 14.4 Å². The standard InChI is InChI=1S/C26H27BrN2O5S/c1-5-34-26(32)23-20-16-21(27)22(33-4)15-18(20)12-13-29(23)25(31)24(30)28(3)17(2)9-6-7-10-19-11-8-14-35-19/h8,11,14-16,23H,2,5-6,9,12-13H2,1,3-4H3. The molecule has 3 rings (SSSR count). The molecule has 0 radical (unpaired) electrons. The fourth-order valence-corrected chi connectivity index (χ4v) is 4.87. The van der Waals surface area contributed by atoms with E-state index in [4.69, 9.17) is 9.47 Å². The Kier molecular flexibility index (Phi) is 9.13. The summed E-state index contributed by atoms with van der Waals surface area (Å²) in [6, 6.07) is 6.42. The number of thiophene rings is 1. The van der Waals surface area contributed by atoms with Crippen LogP contribution in [0.1, 0.15) is 41.8 Å². The molecular weight excluding hydrogens is 532 g/mol. The second kappa shape index (κ2) is 12.0. The number of amides is 2. The van der Waals surface area contributed by atoms with Crippen LogP contribution < -0.4 is 4.74 Å². The molecule has 1 aromatic heterocycles. The van der Waals surface area contributed by atoms with Crippen LogP contribution in [0, 0.1) is 11.8 Å². The lowest BCUT2D eigenvalue weighted by Crippen LogP contribution is -2.50. The zero-order valence-electron chi connectivity index (χ0n) is 19.9. The fraction of sp³-hybridized carbons (Fsp3) is 0.346. The third-order valence-corrected chi connectivity index (χ3v) is 7.05. The Labute approximate surface area is 217 Å². The van der Waals surface area contributed by atoms with E-state index < -0.39 is 23.8 Å². The summed E-state index contributed by atoms with van der Waals surface area (Å²) in [5, 5.41) is 1.96. The van der Waals surface area contributed by atoms with E-state index in [1.807, 2.05) is 23.6 Å². The first-order valence-corrected chi connectivity index (χ1v) is 12.8. The van der Waals surface area contributed by atoms with Crippen molar-refractivity contribution in [2.75, 3.05) is 27.3 Å². The third kappa shape index (κ3) is 6.13. The molecule has 0 bridgehead atoms. The number of hydrogen-bond acceptors (Lipinski definition) is 6. The minimum Gasteiger partial charge on any atom is -0.496 e. The maximum atomic E-state index is 13.3. The van der Waals surface area contributed by atoms with E-state index in [0.29, 0.717) is 40.7 Å². The Balaban J connectivity index is 1.76. The second-order valence-corrected chi connectivity index (χ2v) is 9.60. The fourth-order valence-electron chi connectivity index (χ4n) is 3.75. The summed E-state index contributed by atoms with van der Waals surface area (Å²) in [7, 11) is 3.07. The first-order valence-electron chi connectivity index (χ1n) is 11.1. The van der Waals surface area contributed by atoms with Gasteiger partial charge in [-0.05, 0) is 70.4 Å². The molecule has 1 aromatic carbocycles. The summed E-state index contributed by atoms with van der Waals surface area (Å²) in [4.78, 5) is 42.8. The minimum absolute atomic E-state index is 0.154. The SMILES string of the molecule is C=C(CCC#Cc1cccs1)N(C)C(=O)C(=O)N1CCc2cc(OC)c(Br)cc2C1C(=O)OCC. The molecule has 2 amide bonds. The second-order valence-electron chi connectivity index (χ2n) is 7.80. The lowest BCUT2D eigenvalue weighted by molar-refractivity contribution is -0.160. The Hall–Kier alpha value is -3.09. The lowest BCUT2D eigenvalue weighted by atomic mass is 9.92. The number of fused-ring (bicyclic) bond motifs is 1. The number of halogens is 1. The zero-order chi connectivity index (χ0) is 25.5. The van der Waals surface area contributed by atoms with Crippen molar-refractivity contribution in [2.24, 2.45) is 0 Å². The molecular formula is C26H27BrN2O5S. The van der Waals surface area contributed by atoms with Gasteiger partial charge in [0.25, 0.3) is 0 Å².